The number of methoxy groups -OCH3 is 2. The number of hydrogen-bond acceptors (Lipinski definition) is 10. The Balaban J connectivity index is 0.000000189. The number of benzene rings is 2. The second kappa shape index (κ2) is 19.5. The molecule has 16 heteroatoms. The molecule has 6 aromatic rings. The first-order valence-corrected chi connectivity index (χ1v) is 22.5. The van der Waals surface area contributed by atoms with Gasteiger partial charge in [-0.2, -0.15) is 9.97 Å². The van der Waals surface area contributed by atoms with E-state index in [4.69, 9.17) is 19.4 Å². The van der Waals surface area contributed by atoms with Crippen LogP contribution in [0.2, 0.25) is 0 Å². The van der Waals surface area contributed by atoms with Crippen LogP contribution in [-0.4, -0.2) is 63.7 Å². The molecule has 2 saturated carbocycles. The molecule has 2 aliphatic rings. The van der Waals surface area contributed by atoms with E-state index in [0.717, 1.165) is 48.3 Å². The Kier molecular flexibility index (Phi) is 14.0. The van der Waals surface area contributed by atoms with Gasteiger partial charge in [0, 0.05) is 38.8 Å². The predicted octanol–water partition coefficient (Wildman–Crippen LogP) is 6.41. The van der Waals surface area contributed by atoms with Gasteiger partial charge in [-0.15, -0.1) is 0 Å². The van der Waals surface area contributed by atoms with Crippen LogP contribution in [0.5, 0.6) is 11.5 Å². The first-order valence-electron chi connectivity index (χ1n) is 22.5. The Morgan fingerprint density at radius 1 is 0.587 bits per heavy atom. The van der Waals surface area contributed by atoms with Gasteiger partial charge in [0.25, 0.3) is 11.1 Å². The number of fused-ring (bicyclic) bond motifs is 2. The third kappa shape index (κ3) is 9.64. The van der Waals surface area contributed by atoms with Gasteiger partial charge in [-0.3, -0.25) is 37.0 Å². The van der Waals surface area contributed by atoms with Crippen LogP contribution in [0.1, 0.15) is 97.1 Å². The maximum absolute atomic E-state index is 13.4. The van der Waals surface area contributed by atoms with E-state index < -0.39 is 0 Å². The molecule has 63 heavy (non-hydrogen) atoms. The molecule has 4 aromatic heterocycles. The molecule has 0 spiro atoms. The standard InChI is InChI=1S/C24H33N5O3.C23H31N5O3/c1-5-27-22(30)20-21(29(24(27)31)14-16(2)3)26-23(25-18-8-6-7-9-18)28(20)15-17-10-12-19(32-4)13-11-17;1-15(2)13-28-20-19(21(29)26(3)23(28)30)27(14-16-9-11-18(31-4)12-10-16)22(25-20)24-17-7-5-6-8-17/h10-13,16,18H,5-9,14-15H2,1-4H3,(H,25,26);9-12,15,17H,5-8,13-14H2,1-4H3,(H,24,25). The average molecular weight is 865 g/mol. The van der Waals surface area contributed by atoms with Gasteiger partial charge in [0.15, 0.2) is 22.3 Å². The Morgan fingerprint density at radius 3 is 1.37 bits per heavy atom. The smallest absolute Gasteiger partial charge is 0.332 e. The molecule has 0 aliphatic heterocycles. The lowest BCUT2D eigenvalue weighted by Gasteiger charge is -2.15. The van der Waals surface area contributed by atoms with E-state index in [2.05, 4.69) is 38.3 Å². The van der Waals surface area contributed by atoms with Crippen LogP contribution < -0.4 is 42.6 Å². The topological polar surface area (TPSA) is 166 Å². The molecule has 338 valence electrons. The Bertz CT molecular complexity index is 2760. The summed E-state index contributed by atoms with van der Waals surface area (Å²) in [5.41, 5.74) is 2.69. The van der Waals surface area contributed by atoms with E-state index in [9.17, 15) is 19.2 Å². The van der Waals surface area contributed by atoms with Crippen LogP contribution in [0.3, 0.4) is 0 Å². The molecule has 0 radical (unpaired) electrons. The Morgan fingerprint density at radius 2 is 0.984 bits per heavy atom. The average Bonchev–Trinajstić information content (AvgIpc) is 4.11. The van der Waals surface area contributed by atoms with Crippen LogP contribution in [0.15, 0.2) is 67.7 Å². The zero-order valence-electron chi connectivity index (χ0n) is 38.1. The molecule has 2 N–H and O–H groups in total. The number of aromatic nitrogens is 8. The summed E-state index contributed by atoms with van der Waals surface area (Å²) >= 11 is 0. The number of anilines is 2. The predicted molar refractivity (Wildman–Crippen MR) is 249 cm³/mol. The van der Waals surface area contributed by atoms with Crippen molar-refractivity contribution in [1.29, 1.82) is 0 Å². The summed E-state index contributed by atoms with van der Waals surface area (Å²) in [6.07, 6.45) is 9.11. The third-order valence-electron chi connectivity index (χ3n) is 12.1. The van der Waals surface area contributed by atoms with Crippen LogP contribution >= 0.6 is 0 Å². The number of imidazole rings is 2. The fourth-order valence-corrected chi connectivity index (χ4v) is 8.85. The van der Waals surface area contributed by atoms with Gasteiger partial charge in [-0.1, -0.05) is 77.6 Å². The largest absolute Gasteiger partial charge is 0.497 e. The minimum absolute atomic E-state index is 0.247. The maximum atomic E-state index is 13.4. The molecule has 16 nitrogen and oxygen atoms in total. The van der Waals surface area contributed by atoms with Crippen molar-refractivity contribution in [2.24, 2.45) is 18.9 Å². The number of nitrogens with zero attached hydrogens (tertiary/aromatic N) is 8. The quantitative estimate of drug-likeness (QED) is 0.118. The Hall–Kier alpha value is -6.06. The van der Waals surface area contributed by atoms with Crippen molar-refractivity contribution in [3.05, 3.63) is 101 Å². The van der Waals surface area contributed by atoms with E-state index in [-0.39, 0.29) is 34.3 Å². The molecule has 8 rings (SSSR count). The van der Waals surface area contributed by atoms with Crippen molar-refractivity contribution < 1.29 is 9.47 Å². The van der Waals surface area contributed by atoms with Crippen molar-refractivity contribution >= 4 is 34.2 Å². The van der Waals surface area contributed by atoms with Crippen LogP contribution in [0.25, 0.3) is 22.3 Å². The first-order chi connectivity index (χ1) is 30.3. The lowest BCUT2D eigenvalue weighted by atomic mass is 10.2. The number of hydrogen-bond donors (Lipinski definition) is 2. The second-order valence-corrected chi connectivity index (χ2v) is 17.8. The molecule has 0 unspecified atom stereocenters. The van der Waals surface area contributed by atoms with Crippen molar-refractivity contribution in [3.8, 4) is 11.5 Å². The SMILES string of the molecule is CCn1c(=O)c2c(nc(NC3CCCC3)n2Cc2ccc(OC)cc2)n(CC(C)C)c1=O.COc1ccc(Cn2c(NC3CCCC3)nc3c2c(=O)n(C)c(=O)n3CC(C)C)cc1. The normalized spacial score (nSPS) is 14.6. The van der Waals surface area contributed by atoms with Gasteiger partial charge < -0.3 is 20.1 Å². The minimum atomic E-state index is -0.326. The zero-order valence-corrected chi connectivity index (χ0v) is 38.1. The molecular formula is C47H64N10O6. The van der Waals surface area contributed by atoms with E-state index in [1.807, 2.05) is 64.6 Å². The summed E-state index contributed by atoms with van der Waals surface area (Å²) in [4.78, 5) is 62.2. The van der Waals surface area contributed by atoms with Crippen molar-refractivity contribution in [2.75, 3.05) is 24.9 Å². The number of rotatable bonds is 15. The molecule has 4 heterocycles. The Labute approximate surface area is 367 Å². The highest BCUT2D eigenvalue weighted by Crippen LogP contribution is 2.27. The zero-order chi connectivity index (χ0) is 44.9. The minimum Gasteiger partial charge on any atom is -0.497 e. The first kappa shape index (κ1) is 45.0. The summed E-state index contributed by atoms with van der Waals surface area (Å²) in [5, 5.41) is 7.12. The van der Waals surface area contributed by atoms with Gasteiger partial charge in [-0.05, 0) is 79.8 Å². The van der Waals surface area contributed by atoms with Crippen molar-refractivity contribution in [1.82, 2.24) is 37.4 Å². The molecular weight excluding hydrogens is 801 g/mol. The van der Waals surface area contributed by atoms with Gasteiger partial charge in [0.05, 0.1) is 27.3 Å². The van der Waals surface area contributed by atoms with Gasteiger partial charge in [0.2, 0.25) is 11.9 Å². The molecule has 2 aromatic carbocycles. The highest BCUT2D eigenvalue weighted by Gasteiger charge is 2.26. The van der Waals surface area contributed by atoms with Crippen LogP contribution in [-0.2, 0) is 39.8 Å². The van der Waals surface area contributed by atoms with Crippen molar-refractivity contribution in [3.63, 3.8) is 0 Å². The maximum Gasteiger partial charge on any atom is 0.332 e. The van der Waals surface area contributed by atoms with E-state index in [1.165, 1.54) is 41.9 Å². The fraction of sp³-hybridized carbons (Fsp3) is 0.532. The molecule has 2 aliphatic carbocycles. The van der Waals surface area contributed by atoms with E-state index >= 15 is 0 Å². The summed E-state index contributed by atoms with van der Waals surface area (Å²) in [6.45, 7) is 12.4. The molecule has 0 saturated heterocycles. The summed E-state index contributed by atoms with van der Waals surface area (Å²) in [5.74, 6) is 3.37. The lowest BCUT2D eigenvalue weighted by molar-refractivity contribution is 0.414. The number of nitrogens with one attached hydrogen (secondary N) is 2. The molecule has 0 amide bonds. The van der Waals surface area contributed by atoms with Gasteiger partial charge in [0.1, 0.15) is 11.5 Å². The third-order valence-corrected chi connectivity index (χ3v) is 12.1. The summed E-state index contributed by atoms with van der Waals surface area (Å²) < 4.78 is 20.2. The van der Waals surface area contributed by atoms with Crippen molar-refractivity contribution in [2.45, 2.75) is 131 Å². The summed E-state index contributed by atoms with van der Waals surface area (Å²) in [6, 6.07) is 16.3. The summed E-state index contributed by atoms with van der Waals surface area (Å²) in [7, 11) is 4.82. The molecule has 2 fully saturated rings. The van der Waals surface area contributed by atoms with E-state index in [0.29, 0.717) is 79.0 Å². The van der Waals surface area contributed by atoms with Gasteiger partial charge >= 0.3 is 11.4 Å². The molecule has 0 atom stereocenters. The monoisotopic (exact) mass is 865 g/mol. The highest BCUT2D eigenvalue weighted by atomic mass is 16.5. The van der Waals surface area contributed by atoms with E-state index in [1.54, 1.807) is 23.4 Å². The highest BCUT2D eigenvalue weighted by molar-refractivity contribution is 5.75. The molecule has 0 bridgehead atoms. The lowest BCUT2D eigenvalue weighted by Crippen LogP contribution is -2.40. The fourth-order valence-electron chi connectivity index (χ4n) is 8.85. The van der Waals surface area contributed by atoms with Crippen LogP contribution in [0, 0.1) is 11.8 Å². The second-order valence-electron chi connectivity index (χ2n) is 17.8. The number of ether oxygens (including phenoxy) is 2. The van der Waals surface area contributed by atoms with Gasteiger partial charge in [-0.25, -0.2) is 9.59 Å². The van der Waals surface area contributed by atoms with Crippen LogP contribution in [0.4, 0.5) is 11.9 Å².